The van der Waals surface area contributed by atoms with Gasteiger partial charge in [0.1, 0.15) is 5.82 Å². The minimum Gasteiger partial charge on any atom is -0.494 e. The molecular formula is C13H10F2O3S. The molecule has 0 saturated heterocycles. The number of hydrogen-bond acceptors (Lipinski definition) is 3. The summed E-state index contributed by atoms with van der Waals surface area (Å²) in [7, 11) is -2.58. The Morgan fingerprint density at radius 2 is 1.53 bits per heavy atom. The first-order valence-electron chi connectivity index (χ1n) is 5.29. The minimum atomic E-state index is -3.87. The van der Waals surface area contributed by atoms with Gasteiger partial charge in [-0.3, -0.25) is 0 Å². The number of rotatable bonds is 3. The molecule has 19 heavy (non-hydrogen) atoms. The summed E-state index contributed by atoms with van der Waals surface area (Å²) in [5, 5.41) is 0. The van der Waals surface area contributed by atoms with E-state index in [2.05, 4.69) is 0 Å². The van der Waals surface area contributed by atoms with Crippen molar-refractivity contribution < 1.29 is 21.9 Å². The summed E-state index contributed by atoms with van der Waals surface area (Å²) in [5.41, 5.74) is 0. The minimum absolute atomic E-state index is 0.0435. The molecule has 0 aromatic heterocycles. The highest BCUT2D eigenvalue weighted by Gasteiger charge is 2.19. The Hall–Kier alpha value is -1.95. The van der Waals surface area contributed by atoms with Gasteiger partial charge in [-0.05, 0) is 42.5 Å². The highest BCUT2D eigenvalue weighted by Crippen LogP contribution is 2.25. The second-order valence-electron chi connectivity index (χ2n) is 3.75. The van der Waals surface area contributed by atoms with Crippen molar-refractivity contribution >= 4 is 9.84 Å². The van der Waals surface area contributed by atoms with Crippen LogP contribution >= 0.6 is 0 Å². The molecule has 0 spiro atoms. The van der Waals surface area contributed by atoms with E-state index in [0.29, 0.717) is 0 Å². The zero-order valence-corrected chi connectivity index (χ0v) is 10.7. The topological polar surface area (TPSA) is 43.4 Å². The van der Waals surface area contributed by atoms with Crippen molar-refractivity contribution in [1.82, 2.24) is 0 Å². The van der Waals surface area contributed by atoms with Crippen LogP contribution in [0.4, 0.5) is 8.78 Å². The van der Waals surface area contributed by atoms with Crippen LogP contribution in [0.1, 0.15) is 0 Å². The molecule has 2 aromatic rings. The van der Waals surface area contributed by atoms with Gasteiger partial charge in [0, 0.05) is 0 Å². The number of hydrogen-bond donors (Lipinski definition) is 0. The smallest absolute Gasteiger partial charge is 0.206 e. The lowest BCUT2D eigenvalue weighted by Gasteiger charge is -2.07. The van der Waals surface area contributed by atoms with Crippen LogP contribution in [0, 0.1) is 11.6 Å². The lowest BCUT2D eigenvalue weighted by Crippen LogP contribution is -2.03. The third-order valence-electron chi connectivity index (χ3n) is 2.56. The maximum atomic E-state index is 13.5. The van der Waals surface area contributed by atoms with Gasteiger partial charge in [0.15, 0.2) is 11.6 Å². The molecule has 2 rings (SSSR count). The molecule has 0 aliphatic carbocycles. The summed E-state index contributed by atoms with van der Waals surface area (Å²) in [4.78, 5) is -0.309. The molecule has 0 saturated carbocycles. The van der Waals surface area contributed by atoms with Gasteiger partial charge in [0.25, 0.3) is 0 Å². The number of benzene rings is 2. The molecule has 0 aliphatic heterocycles. The van der Waals surface area contributed by atoms with Gasteiger partial charge in [0.2, 0.25) is 9.84 Å². The fraction of sp³-hybridized carbons (Fsp3) is 0.0769. The molecule has 0 aliphatic rings. The van der Waals surface area contributed by atoms with Gasteiger partial charge < -0.3 is 4.74 Å². The van der Waals surface area contributed by atoms with Gasteiger partial charge in [-0.25, -0.2) is 17.2 Å². The highest BCUT2D eigenvalue weighted by atomic mass is 32.2. The van der Waals surface area contributed by atoms with Crippen molar-refractivity contribution in [3.05, 3.63) is 54.1 Å². The Balaban J connectivity index is 2.50. The summed E-state index contributed by atoms with van der Waals surface area (Å²) in [6.07, 6.45) is 0. The first-order valence-corrected chi connectivity index (χ1v) is 6.77. The van der Waals surface area contributed by atoms with Crippen LogP contribution in [0.2, 0.25) is 0 Å². The van der Waals surface area contributed by atoms with Gasteiger partial charge in [-0.1, -0.05) is 0 Å². The van der Waals surface area contributed by atoms with E-state index >= 15 is 0 Å². The first kappa shape index (κ1) is 13.5. The van der Waals surface area contributed by atoms with Crippen molar-refractivity contribution in [3.63, 3.8) is 0 Å². The zero-order chi connectivity index (χ0) is 14.0. The van der Waals surface area contributed by atoms with E-state index in [9.17, 15) is 17.2 Å². The lowest BCUT2D eigenvalue weighted by molar-refractivity contribution is 0.385. The molecule has 0 N–H and O–H groups in total. The highest BCUT2D eigenvalue weighted by molar-refractivity contribution is 7.91. The van der Waals surface area contributed by atoms with Gasteiger partial charge >= 0.3 is 0 Å². The van der Waals surface area contributed by atoms with Gasteiger partial charge in [-0.15, -0.1) is 0 Å². The molecule has 100 valence electrons. The van der Waals surface area contributed by atoms with Crippen LogP contribution in [-0.2, 0) is 9.84 Å². The van der Waals surface area contributed by atoms with E-state index in [-0.39, 0.29) is 15.5 Å². The fourth-order valence-electron chi connectivity index (χ4n) is 1.56. The van der Waals surface area contributed by atoms with E-state index in [1.807, 2.05) is 0 Å². The Morgan fingerprint density at radius 1 is 0.947 bits per heavy atom. The standard InChI is InChI=1S/C13H10F2O3S/c1-18-13-7-6-11(8-12(13)15)19(16,17)10-4-2-9(14)3-5-10/h2-8H,1H3. The molecule has 0 bridgehead atoms. The van der Waals surface area contributed by atoms with E-state index < -0.39 is 21.5 Å². The predicted molar refractivity (Wildman–Crippen MR) is 64.8 cm³/mol. The fourth-order valence-corrected chi connectivity index (χ4v) is 2.84. The molecular weight excluding hydrogens is 274 g/mol. The Bertz CT molecular complexity index is 694. The quantitative estimate of drug-likeness (QED) is 0.814. The number of ether oxygens (including phenoxy) is 1. The van der Waals surface area contributed by atoms with Crippen molar-refractivity contribution in [1.29, 1.82) is 0 Å². The molecule has 0 fully saturated rings. The molecule has 6 heteroatoms. The Morgan fingerprint density at radius 3 is 2.05 bits per heavy atom. The van der Waals surface area contributed by atoms with Crippen molar-refractivity contribution in [2.45, 2.75) is 9.79 Å². The Kier molecular flexibility index (Phi) is 3.53. The second-order valence-corrected chi connectivity index (χ2v) is 5.70. The van der Waals surface area contributed by atoms with Crippen molar-refractivity contribution in [2.24, 2.45) is 0 Å². The van der Waals surface area contributed by atoms with Crippen LogP contribution in [0.15, 0.2) is 52.3 Å². The average Bonchev–Trinajstić information content (AvgIpc) is 2.39. The first-order chi connectivity index (χ1) is 8.95. The Labute approximate surface area is 109 Å². The van der Waals surface area contributed by atoms with E-state index in [1.54, 1.807) is 0 Å². The predicted octanol–water partition coefficient (Wildman–Crippen LogP) is 2.81. The molecule has 0 radical (unpaired) electrons. The van der Waals surface area contributed by atoms with Crippen LogP contribution in [0.5, 0.6) is 5.75 Å². The van der Waals surface area contributed by atoms with Gasteiger partial charge in [-0.2, -0.15) is 0 Å². The maximum Gasteiger partial charge on any atom is 0.206 e. The SMILES string of the molecule is COc1ccc(S(=O)(=O)c2ccc(F)cc2)cc1F. The monoisotopic (exact) mass is 284 g/mol. The third kappa shape index (κ3) is 2.58. The zero-order valence-electron chi connectivity index (χ0n) is 9.93. The summed E-state index contributed by atoms with van der Waals surface area (Å²) in [5.74, 6) is -1.36. The van der Waals surface area contributed by atoms with Crippen LogP contribution < -0.4 is 4.74 Å². The van der Waals surface area contributed by atoms with Gasteiger partial charge in [0.05, 0.1) is 16.9 Å². The summed E-state index contributed by atoms with van der Waals surface area (Å²) in [6.45, 7) is 0. The average molecular weight is 284 g/mol. The molecule has 2 aromatic carbocycles. The van der Waals surface area contributed by atoms with E-state index in [1.165, 1.54) is 19.2 Å². The molecule has 0 heterocycles. The number of sulfone groups is 1. The molecule has 3 nitrogen and oxygen atoms in total. The summed E-state index contributed by atoms with van der Waals surface area (Å²) in [6, 6.07) is 7.67. The van der Waals surface area contributed by atoms with Crippen molar-refractivity contribution in [3.8, 4) is 5.75 Å². The molecule has 0 atom stereocenters. The van der Waals surface area contributed by atoms with Crippen molar-refractivity contribution in [2.75, 3.05) is 7.11 Å². The summed E-state index contributed by atoms with van der Waals surface area (Å²) < 4.78 is 55.3. The molecule has 0 unspecified atom stereocenters. The third-order valence-corrected chi connectivity index (χ3v) is 4.32. The normalized spacial score (nSPS) is 11.3. The van der Waals surface area contributed by atoms with Crippen LogP contribution in [0.25, 0.3) is 0 Å². The number of halogens is 2. The second kappa shape index (κ2) is 4.97. The lowest BCUT2D eigenvalue weighted by atomic mass is 10.3. The molecule has 0 amide bonds. The maximum absolute atomic E-state index is 13.5. The van der Waals surface area contributed by atoms with Crippen LogP contribution in [-0.4, -0.2) is 15.5 Å². The van der Waals surface area contributed by atoms with E-state index in [4.69, 9.17) is 4.74 Å². The summed E-state index contributed by atoms with van der Waals surface area (Å²) >= 11 is 0. The number of methoxy groups -OCH3 is 1. The van der Waals surface area contributed by atoms with Crippen LogP contribution in [0.3, 0.4) is 0 Å². The largest absolute Gasteiger partial charge is 0.494 e. The van der Waals surface area contributed by atoms with E-state index in [0.717, 1.165) is 30.3 Å².